The number of nitrogens with zero attached hydrogens (tertiary/aromatic N) is 2. The molecular formula is C22H26ClFN2O2. The molecule has 1 saturated heterocycles. The van der Waals surface area contributed by atoms with Crippen molar-refractivity contribution in [1.82, 2.24) is 4.90 Å². The van der Waals surface area contributed by atoms with Crippen LogP contribution in [-0.4, -0.2) is 48.2 Å². The minimum absolute atomic E-state index is 0.147. The number of hydrogen-bond acceptors (Lipinski definition) is 3. The molecule has 0 aromatic heterocycles. The first-order chi connectivity index (χ1) is 13.5. The Bertz CT molecular complexity index is 776. The van der Waals surface area contributed by atoms with E-state index in [-0.39, 0.29) is 12.2 Å². The molecule has 3 rings (SSSR count). The molecule has 1 aliphatic heterocycles. The summed E-state index contributed by atoms with van der Waals surface area (Å²) in [7, 11) is 0. The van der Waals surface area contributed by atoms with Crippen LogP contribution in [0.25, 0.3) is 0 Å². The van der Waals surface area contributed by atoms with Crippen molar-refractivity contribution in [2.24, 2.45) is 0 Å². The van der Waals surface area contributed by atoms with Crippen LogP contribution >= 0.6 is 11.6 Å². The number of carbonyl (C=O) groups is 1. The first-order valence-corrected chi connectivity index (χ1v) is 10.1. The van der Waals surface area contributed by atoms with Crippen molar-refractivity contribution in [2.75, 3.05) is 31.1 Å². The lowest BCUT2D eigenvalue weighted by Crippen LogP contribution is -2.46. The predicted molar refractivity (Wildman–Crippen MR) is 111 cm³/mol. The molecule has 0 spiro atoms. The normalized spacial score (nSPS) is 15.2. The van der Waals surface area contributed by atoms with Gasteiger partial charge in [0.25, 0.3) is 0 Å². The molecule has 2 aromatic carbocycles. The number of carboxylic acids is 1. The van der Waals surface area contributed by atoms with Gasteiger partial charge in [-0.15, -0.1) is 0 Å². The molecule has 0 bridgehead atoms. The number of benzene rings is 2. The highest BCUT2D eigenvalue weighted by molar-refractivity contribution is 6.30. The van der Waals surface area contributed by atoms with Gasteiger partial charge in [-0.25, -0.2) is 4.39 Å². The van der Waals surface area contributed by atoms with Gasteiger partial charge in [0, 0.05) is 42.9 Å². The first-order valence-electron chi connectivity index (χ1n) is 9.72. The van der Waals surface area contributed by atoms with Gasteiger partial charge >= 0.3 is 5.97 Å². The summed E-state index contributed by atoms with van der Waals surface area (Å²) in [6.07, 6.45) is 2.92. The molecule has 0 aliphatic carbocycles. The van der Waals surface area contributed by atoms with Crippen LogP contribution in [0.5, 0.6) is 0 Å². The third-order valence-electron chi connectivity index (χ3n) is 5.36. The quantitative estimate of drug-likeness (QED) is 0.705. The molecule has 1 N–H and O–H groups in total. The molecule has 1 aliphatic rings. The second kappa shape index (κ2) is 9.89. The van der Waals surface area contributed by atoms with Crippen molar-refractivity contribution < 1.29 is 14.3 Å². The maximum Gasteiger partial charge on any atom is 0.304 e. The average Bonchev–Trinajstić information content (AvgIpc) is 2.69. The molecule has 0 amide bonds. The highest BCUT2D eigenvalue weighted by Crippen LogP contribution is 2.23. The Balaban J connectivity index is 1.58. The lowest BCUT2D eigenvalue weighted by molar-refractivity contribution is -0.137. The number of carboxylic acid groups (broad SMARTS) is 1. The van der Waals surface area contributed by atoms with E-state index in [1.807, 2.05) is 30.3 Å². The monoisotopic (exact) mass is 404 g/mol. The van der Waals surface area contributed by atoms with E-state index in [4.69, 9.17) is 16.7 Å². The molecular weight excluding hydrogens is 379 g/mol. The van der Waals surface area contributed by atoms with Crippen LogP contribution in [0.15, 0.2) is 48.5 Å². The van der Waals surface area contributed by atoms with Gasteiger partial charge in [0.2, 0.25) is 0 Å². The van der Waals surface area contributed by atoms with Crippen LogP contribution in [-0.2, 0) is 11.2 Å². The summed E-state index contributed by atoms with van der Waals surface area (Å²) < 4.78 is 13.1. The van der Waals surface area contributed by atoms with Crippen LogP contribution in [0, 0.1) is 5.82 Å². The molecule has 1 heterocycles. The second-order valence-corrected chi connectivity index (χ2v) is 7.69. The topological polar surface area (TPSA) is 43.8 Å². The molecule has 0 saturated carbocycles. The first kappa shape index (κ1) is 20.6. The lowest BCUT2D eigenvalue weighted by Gasteiger charge is -2.39. The Morgan fingerprint density at radius 2 is 1.86 bits per heavy atom. The van der Waals surface area contributed by atoms with E-state index < -0.39 is 5.97 Å². The Hall–Kier alpha value is -2.11. The van der Waals surface area contributed by atoms with Gasteiger partial charge < -0.3 is 10.0 Å². The summed E-state index contributed by atoms with van der Waals surface area (Å²) in [4.78, 5) is 15.7. The molecule has 0 radical (unpaired) electrons. The van der Waals surface area contributed by atoms with E-state index in [9.17, 15) is 9.18 Å². The smallest absolute Gasteiger partial charge is 0.304 e. The fourth-order valence-corrected chi connectivity index (χ4v) is 4.04. The van der Waals surface area contributed by atoms with Crippen LogP contribution in [0.2, 0.25) is 5.02 Å². The van der Waals surface area contributed by atoms with Crippen molar-refractivity contribution >= 4 is 23.3 Å². The van der Waals surface area contributed by atoms with Gasteiger partial charge in [-0.2, -0.15) is 0 Å². The fourth-order valence-electron chi connectivity index (χ4n) is 3.82. The SMILES string of the molecule is O=C(O)CCN(CCc1cccc(Cl)c1)C1CCN(c2ccc(F)cc2)CC1. The van der Waals surface area contributed by atoms with Crippen molar-refractivity contribution in [2.45, 2.75) is 31.7 Å². The summed E-state index contributed by atoms with van der Waals surface area (Å²) >= 11 is 6.08. The van der Waals surface area contributed by atoms with Crippen molar-refractivity contribution in [1.29, 1.82) is 0 Å². The summed E-state index contributed by atoms with van der Waals surface area (Å²) in [6.45, 7) is 3.14. The molecule has 0 atom stereocenters. The molecule has 0 unspecified atom stereocenters. The molecule has 2 aromatic rings. The van der Waals surface area contributed by atoms with E-state index in [2.05, 4.69) is 15.9 Å². The van der Waals surface area contributed by atoms with Crippen LogP contribution in [0.3, 0.4) is 0 Å². The van der Waals surface area contributed by atoms with E-state index in [1.165, 1.54) is 12.1 Å². The fraction of sp³-hybridized carbons (Fsp3) is 0.409. The Labute approximate surface area is 170 Å². The summed E-state index contributed by atoms with van der Waals surface area (Å²) in [6, 6.07) is 14.8. The third-order valence-corrected chi connectivity index (χ3v) is 5.60. The zero-order valence-corrected chi connectivity index (χ0v) is 16.6. The molecule has 1 fully saturated rings. The summed E-state index contributed by atoms with van der Waals surface area (Å²) in [5.41, 5.74) is 2.20. The van der Waals surface area contributed by atoms with Gasteiger partial charge in [0.15, 0.2) is 0 Å². The van der Waals surface area contributed by atoms with Gasteiger partial charge in [-0.05, 0) is 61.2 Å². The van der Waals surface area contributed by atoms with Crippen LogP contribution in [0.4, 0.5) is 10.1 Å². The van der Waals surface area contributed by atoms with Gasteiger partial charge in [0.05, 0.1) is 6.42 Å². The van der Waals surface area contributed by atoms with Crippen LogP contribution < -0.4 is 4.90 Å². The minimum Gasteiger partial charge on any atom is -0.481 e. The van der Waals surface area contributed by atoms with Crippen LogP contribution in [0.1, 0.15) is 24.8 Å². The van der Waals surface area contributed by atoms with E-state index in [0.29, 0.717) is 12.6 Å². The van der Waals surface area contributed by atoms with Gasteiger partial charge in [0.1, 0.15) is 5.82 Å². The standard InChI is InChI=1S/C22H26ClFN2O2/c23-18-3-1-2-17(16-18)8-12-25(15-11-22(27)28)21-9-13-26(14-10-21)20-6-4-19(24)5-7-20/h1-7,16,21H,8-15H2,(H,27,28). The summed E-state index contributed by atoms with van der Waals surface area (Å²) in [5, 5.41) is 9.84. The maximum absolute atomic E-state index is 13.1. The maximum atomic E-state index is 13.1. The number of rotatable bonds is 8. The zero-order valence-electron chi connectivity index (χ0n) is 15.9. The number of hydrogen-bond donors (Lipinski definition) is 1. The second-order valence-electron chi connectivity index (χ2n) is 7.25. The van der Waals surface area contributed by atoms with Crippen molar-refractivity contribution in [3.05, 3.63) is 64.9 Å². The molecule has 150 valence electrons. The number of anilines is 1. The Morgan fingerprint density at radius 1 is 1.14 bits per heavy atom. The van der Waals surface area contributed by atoms with E-state index in [0.717, 1.165) is 55.2 Å². The van der Waals surface area contributed by atoms with Crippen molar-refractivity contribution in [3.63, 3.8) is 0 Å². The predicted octanol–water partition coefficient (Wildman–Crippen LogP) is 4.47. The zero-order chi connectivity index (χ0) is 19.9. The highest BCUT2D eigenvalue weighted by Gasteiger charge is 2.25. The Kier molecular flexibility index (Phi) is 7.29. The highest BCUT2D eigenvalue weighted by atomic mass is 35.5. The minimum atomic E-state index is -0.767. The number of aliphatic carboxylic acids is 1. The number of halogens is 2. The molecule has 28 heavy (non-hydrogen) atoms. The summed E-state index contributed by atoms with van der Waals surface area (Å²) in [5.74, 6) is -0.990. The largest absolute Gasteiger partial charge is 0.481 e. The Morgan fingerprint density at radius 3 is 2.50 bits per heavy atom. The third kappa shape index (κ3) is 5.94. The van der Waals surface area contributed by atoms with Gasteiger partial charge in [-0.1, -0.05) is 23.7 Å². The van der Waals surface area contributed by atoms with E-state index >= 15 is 0 Å². The van der Waals surface area contributed by atoms with Gasteiger partial charge in [-0.3, -0.25) is 9.69 Å². The van der Waals surface area contributed by atoms with E-state index in [1.54, 1.807) is 0 Å². The van der Waals surface area contributed by atoms with Crippen molar-refractivity contribution in [3.8, 4) is 0 Å². The number of piperidine rings is 1. The molecule has 4 nitrogen and oxygen atoms in total. The molecule has 6 heteroatoms. The average molecular weight is 405 g/mol. The lowest BCUT2D eigenvalue weighted by atomic mass is 10.0.